The number of halogens is 4. The van der Waals surface area contributed by atoms with E-state index in [0.29, 0.717) is 16.2 Å². The van der Waals surface area contributed by atoms with E-state index in [2.05, 4.69) is 152 Å². The van der Waals surface area contributed by atoms with E-state index in [1.165, 1.54) is 32.3 Å². The molecule has 0 saturated carbocycles. The lowest BCUT2D eigenvalue weighted by Gasteiger charge is -2.19. The molecule has 14 rings (SSSR count). The highest BCUT2D eigenvalue weighted by molar-refractivity contribution is 7.91. The summed E-state index contributed by atoms with van der Waals surface area (Å²) in [7, 11) is -3.30. The molecule has 0 spiro atoms. The van der Waals surface area contributed by atoms with E-state index >= 15 is 0 Å². The van der Waals surface area contributed by atoms with Gasteiger partial charge in [-0.25, -0.2) is 31.0 Å². The molecule has 13 aromatic rings. The number of aromatic nitrogens is 4. The fraction of sp³-hybridized carbons (Fsp3) is 0.0896. The van der Waals surface area contributed by atoms with E-state index in [-0.39, 0.29) is 25.8 Å². The fourth-order valence-electron chi connectivity index (χ4n) is 9.29. The van der Waals surface area contributed by atoms with Crippen molar-refractivity contribution in [3.63, 3.8) is 0 Å². The molecule has 0 unspecified atom stereocenters. The first-order valence-corrected chi connectivity index (χ1v) is 30.7. The van der Waals surface area contributed by atoms with Crippen LogP contribution in [-0.4, -0.2) is 47.6 Å². The summed E-state index contributed by atoms with van der Waals surface area (Å²) in [6.45, 7) is 1.96. The Morgan fingerprint density at radius 1 is 0.432 bits per heavy atom. The average molecular weight is 1120 g/mol. The van der Waals surface area contributed by atoms with Crippen LogP contribution in [0.3, 0.4) is 0 Å². The highest BCUT2D eigenvalue weighted by Crippen LogP contribution is 2.36. The van der Waals surface area contributed by atoms with Gasteiger partial charge < -0.3 is 11.6 Å². The minimum Gasteiger partial charge on any atom is -0.412 e. The molecule has 0 radical (unpaired) electrons. The number of sulfone groups is 1. The lowest BCUT2D eigenvalue weighted by Crippen LogP contribution is -2.14. The maximum absolute atomic E-state index is 12.7. The standard InChI is InChI=1S/C18H12.C13H10N2.C13H10O2S.C12H8N2.C8H6F4.3CH3.Al.H3N.H2O/c1-2-8-14-13(7-1)15-9-3-4-11-17(15)18-12-6-5-10-16(14)18;1-2-6-11(7-3-1)15-10-14-12-8-4-5-9-13(12)15;14-16(15)12-7-3-1-5-10(12)9-11-6-2-4-8-13(11)16;1-3-9-5-6-10-4-2-8-14-12(10)11(9)13-7-1;1-3-5(9)7(11)4(2)8(12)6(3)10;;;;;;/h1-12H;1-10H;1-8H,9H2;1-8H;1-2H3;3*1H3;;1H3;1H2. The summed E-state index contributed by atoms with van der Waals surface area (Å²) in [6, 6.07) is 70.9. The Morgan fingerprint density at radius 2 is 0.778 bits per heavy atom. The highest BCUT2D eigenvalue weighted by atomic mass is 32.2. The first-order chi connectivity index (χ1) is 38.2. The number of hydrogen-bond acceptors (Lipinski definition) is 6. The Bertz CT molecular complexity index is 3980. The van der Waals surface area contributed by atoms with Gasteiger partial charge in [0.15, 0.2) is 23.3 Å². The van der Waals surface area contributed by atoms with E-state index in [9.17, 15) is 26.0 Å². The summed E-state index contributed by atoms with van der Waals surface area (Å²) in [5.41, 5.74) is 5.79. The smallest absolute Gasteiger partial charge is 0.251 e. The van der Waals surface area contributed by atoms with Crippen molar-refractivity contribution in [1.82, 2.24) is 25.7 Å². The SMILES string of the molecule is Cc1c(F)c(F)c(C)c(F)c1F.N.O.O=S1(=O)c2ccccc2Cc2ccccc21.[CH3][Al]([CH3])[CH3].c1ccc(-n2cnc3ccccc32)cc1.c1ccc2c(c1)c1ccccc1c1ccccc21.c1cnc2c(c1)ccc1cccnc12. The highest BCUT2D eigenvalue weighted by Gasteiger charge is 2.28. The summed E-state index contributed by atoms with van der Waals surface area (Å²) < 4.78 is 77.3. The zero-order valence-corrected chi connectivity index (χ0v) is 47.4. The van der Waals surface area contributed by atoms with Gasteiger partial charge in [-0.3, -0.25) is 14.5 Å². The first-order valence-electron chi connectivity index (χ1n) is 25.8. The van der Waals surface area contributed by atoms with Gasteiger partial charge in [-0.2, -0.15) is 0 Å². The minimum absolute atomic E-state index is 0. The van der Waals surface area contributed by atoms with Gasteiger partial charge in [-0.05, 0) is 106 Å². The van der Waals surface area contributed by atoms with Crippen LogP contribution in [0.15, 0.2) is 241 Å². The molecule has 1 aliphatic heterocycles. The summed E-state index contributed by atoms with van der Waals surface area (Å²) >= 11 is -0.139. The molecule has 0 atom stereocenters. The Labute approximate surface area is 473 Å². The van der Waals surface area contributed by atoms with Gasteiger partial charge in [0.2, 0.25) is 9.84 Å². The Balaban J connectivity index is 0.000000143. The summed E-state index contributed by atoms with van der Waals surface area (Å²) in [5.74, 6) is 1.61. The number of imidazole rings is 1. The van der Waals surface area contributed by atoms with Crippen LogP contribution in [0, 0.1) is 37.1 Å². The van der Waals surface area contributed by atoms with Crippen LogP contribution in [0.4, 0.5) is 17.6 Å². The normalized spacial score (nSPS) is 11.5. The maximum Gasteiger partial charge on any atom is 0.251 e. The van der Waals surface area contributed by atoms with E-state index in [0.717, 1.165) is 63.5 Å². The molecule has 0 amide bonds. The summed E-state index contributed by atoms with van der Waals surface area (Å²) in [6.07, 6.45) is 6.17. The number of para-hydroxylation sites is 3. The van der Waals surface area contributed by atoms with Crippen molar-refractivity contribution in [3.8, 4) is 5.69 Å². The molecule has 0 bridgehead atoms. The van der Waals surface area contributed by atoms with Crippen molar-refractivity contribution in [2.45, 2.75) is 47.4 Å². The van der Waals surface area contributed by atoms with Crippen molar-refractivity contribution >= 4 is 89.1 Å². The van der Waals surface area contributed by atoms with Gasteiger partial charge in [0.25, 0.3) is 14.1 Å². The predicted octanol–water partition coefficient (Wildman–Crippen LogP) is 16.9. The van der Waals surface area contributed by atoms with Crippen LogP contribution < -0.4 is 6.15 Å². The van der Waals surface area contributed by atoms with Crippen molar-refractivity contribution < 1.29 is 31.5 Å². The van der Waals surface area contributed by atoms with Gasteiger partial charge in [0, 0.05) is 46.4 Å². The van der Waals surface area contributed by atoms with Crippen molar-refractivity contribution in [2.24, 2.45) is 0 Å². The molecule has 3 aromatic heterocycles. The van der Waals surface area contributed by atoms with Gasteiger partial charge in [-0.15, -0.1) is 17.4 Å². The molecule has 0 aliphatic carbocycles. The van der Waals surface area contributed by atoms with Gasteiger partial charge in [-0.1, -0.05) is 164 Å². The molecule has 14 heteroatoms. The first kappa shape index (κ1) is 60.0. The third kappa shape index (κ3) is 13.2. The zero-order valence-electron chi connectivity index (χ0n) is 45.5. The van der Waals surface area contributed by atoms with Crippen molar-refractivity contribution in [2.75, 3.05) is 0 Å². The third-order valence-electron chi connectivity index (χ3n) is 13.1. The van der Waals surface area contributed by atoms with Crippen LogP contribution in [0.5, 0.6) is 0 Å². The number of nitrogens with zero attached hydrogens (tertiary/aromatic N) is 4. The van der Waals surface area contributed by atoms with Crippen LogP contribution in [0.25, 0.3) is 70.8 Å². The largest absolute Gasteiger partial charge is 0.412 e. The quantitative estimate of drug-likeness (QED) is 0.0750. The lowest BCUT2D eigenvalue weighted by molar-refractivity contribution is 0.436. The van der Waals surface area contributed by atoms with E-state index in [4.69, 9.17) is 0 Å². The molecule has 1 aliphatic rings. The van der Waals surface area contributed by atoms with Gasteiger partial charge in [0.05, 0.1) is 31.9 Å². The summed E-state index contributed by atoms with van der Waals surface area (Å²) in [4.78, 5) is 14.0. The van der Waals surface area contributed by atoms with Crippen molar-refractivity contribution in [1.29, 1.82) is 0 Å². The topological polar surface area (TPSA) is 144 Å². The molecule has 10 aromatic carbocycles. The molecule has 8 nitrogen and oxygen atoms in total. The minimum atomic E-state index is -3.30. The van der Waals surface area contributed by atoms with Crippen LogP contribution in [0.2, 0.25) is 17.4 Å². The van der Waals surface area contributed by atoms with Gasteiger partial charge in [0.1, 0.15) is 6.33 Å². The molecule has 81 heavy (non-hydrogen) atoms. The fourth-order valence-corrected chi connectivity index (χ4v) is 11.0. The van der Waals surface area contributed by atoms with Crippen LogP contribution in [-0.2, 0) is 16.3 Å². The summed E-state index contributed by atoms with van der Waals surface area (Å²) in [5, 5.41) is 10.3. The molecular weight excluding hydrogens is 1060 g/mol. The Hall–Kier alpha value is -8.61. The second-order valence-corrected chi connectivity index (χ2v) is 24.8. The number of fused-ring (bicyclic) bond motifs is 12. The van der Waals surface area contributed by atoms with Crippen LogP contribution in [0.1, 0.15) is 22.3 Å². The van der Waals surface area contributed by atoms with Crippen molar-refractivity contribution in [3.05, 3.63) is 277 Å². The monoisotopic (exact) mass is 1120 g/mol. The number of rotatable bonds is 1. The number of hydrogen-bond donors (Lipinski definition) is 1. The van der Waals surface area contributed by atoms with E-state index in [1.807, 2.05) is 79.1 Å². The maximum atomic E-state index is 12.7. The number of pyridine rings is 2. The second kappa shape index (κ2) is 27.0. The second-order valence-electron chi connectivity index (χ2n) is 19.4. The Kier molecular flexibility index (Phi) is 20.0. The molecule has 0 fully saturated rings. The van der Waals surface area contributed by atoms with Gasteiger partial charge >= 0.3 is 0 Å². The van der Waals surface area contributed by atoms with Crippen LogP contribution >= 0.6 is 0 Å². The average Bonchev–Trinajstić information content (AvgIpc) is 3.95. The molecule has 0 saturated heterocycles. The van der Waals surface area contributed by atoms with E-state index in [1.54, 1.807) is 36.7 Å². The Morgan fingerprint density at radius 3 is 1.19 bits per heavy atom. The molecule has 4 heterocycles. The number of benzene rings is 10. The lowest BCUT2D eigenvalue weighted by atomic mass is 9.95. The molecule has 408 valence electrons. The van der Waals surface area contributed by atoms with E-state index < -0.39 is 44.2 Å². The predicted molar refractivity (Wildman–Crippen MR) is 326 cm³/mol. The molecular formula is C67H60AlF4N5O3S. The molecule has 5 N–H and O–H groups in total. The third-order valence-corrected chi connectivity index (χ3v) is 15.0. The zero-order chi connectivity index (χ0) is 55.6.